The summed E-state index contributed by atoms with van der Waals surface area (Å²) in [5.41, 5.74) is 0. The van der Waals surface area contributed by atoms with E-state index in [0.717, 1.165) is 0 Å². The molecule has 0 aliphatic heterocycles. The molecule has 0 bridgehead atoms. The molecule has 0 aliphatic rings. The normalized spacial score (nSPS) is 10.8. The van der Waals surface area contributed by atoms with Gasteiger partial charge in [-0.2, -0.15) is 5.26 Å². The Labute approximate surface area is 99.2 Å². The van der Waals surface area contributed by atoms with Crippen LogP contribution in [0.4, 0.5) is 0 Å². The number of hydrogen-bond acceptors (Lipinski definition) is 6. The second-order valence-corrected chi connectivity index (χ2v) is 9.12. The Morgan fingerprint density at radius 2 is 1.69 bits per heavy atom. The molecule has 2 N–H and O–H groups in total. The number of hydrogen-bond donors (Lipinski definition) is 2. The number of methoxy groups -OCH3 is 1. The highest BCUT2D eigenvalue weighted by molar-refractivity contribution is 7.93. The molecule has 0 saturated carbocycles. The van der Waals surface area contributed by atoms with Gasteiger partial charge in [0.15, 0.2) is 0 Å². The predicted octanol–water partition coefficient (Wildman–Crippen LogP) is 1.82. The quantitative estimate of drug-likeness (QED) is 0.601. The summed E-state index contributed by atoms with van der Waals surface area (Å²) in [6.07, 6.45) is 8.52. The van der Waals surface area contributed by atoms with Crippen LogP contribution in [-0.2, 0) is 24.0 Å². The first kappa shape index (κ1) is 17.7. The maximum Gasteiger partial charge on any atom is 0.213 e. The summed E-state index contributed by atoms with van der Waals surface area (Å²) in [6.45, 7) is 1.29. The summed E-state index contributed by atoms with van der Waals surface area (Å²) in [5.74, 6) is 0. The molecule has 0 aromatic rings. The lowest BCUT2D eigenvalue weighted by molar-refractivity contribution is 0.208. The fraction of sp³-hybridized carbons (Fsp3) is 0.875. The highest BCUT2D eigenvalue weighted by atomic mass is 32.2. The minimum atomic E-state index is -1.66. The van der Waals surface area contributed by atoms with E-state index in [4.69, 9.17) is 19.6 Å². The first-order chi connectivity index (χ1) is 7.12. The molecule has 0 heterocycles. The molecule has 16 heavy (non-hydrogen) atoms. The van der Waals surface area contributed by atoms with E-state index in [2.05, 4.69) is 8.73 Å². The molecule has 6 nitrogen and oxygen atoms in total. The lowest BCUT2D eigenvalue weighted by atomic mass is 10.7. The van der Waals surface area contributed by atoms with Crippen LogP contribution in [0.5, 0.6) is 0 Å². The average molecular weight is 267 g/mol. The Morgan fingerprint density at radius 3 is 1.88 bits per heavy atom. The van der Waals surface area contributed by atoms with Gasteiger partial charge in [-0.1, -0.05) is 19.2 Å². The van der Waals surface area contributed by atoms with E-state index in [9.17, 15) is 0 Å². The summed E-state index contributed by atoms with van der Waals surface area (Å²) in [7, 11) is -1.42. The summed E-state index contributed by atoms with van der Waals surface area (Å²) in [6, 6.07) is 0. The van der Waals surface area contributed by atoms with Gasteiger partial charge >= 0.3 is 0 Å². The van der Waals surface area contributed by atoms with Gasteiger partial charge in [0.1, 0.15) is 0 Å². The van der Waals surface area contributed by atoms with Crippen LogP contribution in [0.3, 0.4) is 0 Å². The van der Waals surface area contributed by atoms with Gasteiger partial charge in [-0.05, 0) is 0 Å². The molecule has 0 fully saturated rings. The summed E-state index contributed by atoms with van der Waals surface area (Å²) in [5, 5.41) is 7.89. The maximum atomic E-state index is 7.89. The van der Waals surface area contributed by atoms with Crippen molar-refractivity contribution in [2.45, 2.75) is 0 Å². The van der Waals surface area contributed by atoms with E-state index in [1.165, 1.54) is 0 Å². The highest BCUT2D eigenvalue weighted by Gasteiger charge is 1.82. The molecule has 0 radical (unpaired) electrons. The zero-order chi connectivity index (χ0) is 13.2. The van der Waals surface area contributed by atoms with Gasteiger partial charge in [-0.15, -0.1) is 4.36 Å². The van der Waals surface area contributed by atoms with Crippen molar-refractivity contribution >= 4 is 19.2 Å². The summed E-state index contributed by atoms with van der Waals surface area (Å²) < 4.78 is 26.6. The molecule has 0 saturated heterocycles. The average Bonchev–Trinajstić information content (AvgIpc) is 2.01. The molecule has 0 amide bonds. The fourth-order valence-electron chi connectivity index (χ4n) is 0.459. The third kappa shape index (κ3) is 23.3. The topological polar surface area (TPSA) is 105 Å². The van der Waals surface area contributed by atoms with Crippen molar-refractivity contribution < 1.29 is 4.74 Å². The van der Waals surface area contributed by atoms with E-state index < -0.39 is 19.2 Å². The molecule has 0 atom stereocenters. The Balaban J connectivity index is 0. The van der Waals surface area contributed by atoms with Gasteiger partial charge in [-0.25, -0.2) is 0 Å². The molecule has 0 aromatic heterocycles. The standard InChI is InChI=1S/C5H14N2OS.C3H7N3S/c1-8-5-4-7-9(2,3)6;1-7(2,5)6-3-4/h6H,4-5H2,1-3H3;5H,1-2H3. The van der Waals surface area contributed by atoms with Crippen LogP contribution < -0.4 is 0 Å². The van der Waals surface area contributed by atoms with Crippen LogP contribution in [0, 0.1) is 21.0 Å². The van der Waals surface area contributed by atoms with Crippen molar-refractivity contribution in [1.82, 2.24) is 0 Å². The second-order valence-electron chi connectivity index (χ2n) is 3.58. The lowest BCUT2D eigenvalue weighted by Gasteiger charge is -1.97. The van der Waals surface area contributed by atoms with Crippen LogP contribution in [0.25, 0.3) is 0 Å². The molecule has 0 rings (SSSR count). The zero-order valence-electron chi connectivity index (χ0n) is 10.5. The van der Waals surface area contributed by atoms with Crippen LogP contribution in [-0.4, -0.2) is 45.3 Å². The van der Waals surface area contributed by atoms with Crippen molar-refractivity contribution in [1.29, 1.82) is 14.8 Å². The molecule has 0 spiro atoms. The maximum absolute atomic E-state index is 7.89. The molecule has 0 unspecified atom stereocenters. The number of nitrogens with zero attached hydrogens (tertiary/aromatic N) is 3. The van der Waals surface area contributed by atoms with E-state index >= 15 is 0 Å². The molecule has 0 aliphatic carbocycles. The highest BCUT2D eigenvalue weighted by Crippen LogP contribution is 1.84. The van der Waals surface area contributed by atoms with Crippen molar-refractivity contribution in [2.75, 3.05) is 45.3 Å². The van der Waals surface area contributed by atoms with Crippen LogP contribution in [0.15, 0.2) is 8.73 Å². The number of nitriles is 1. The third-order valence-corrected chi connectivity index (χ3v) is 2.34. The van der Waals surface area contributed by atoms with Gasteiger partial charge in [0.2, 0.25) is 6.19 Å². The van der Waals surface area contributed by atoms with Gasteiger partial charge in [0.25, 0.3) is 0 Å². The smallest absolute Gasteiger partial charge is 0.213 e. The first-order valence-corrected chi connectivity index (χ1v) is 9.18. The largest absolute Gasteiger partial charge is 0.383 e. The van der Waals surface area contributed by atoms with Crippen LogP contribution in [0.2, 0.25) is 0 Å². The van der Waals surface area contributed by atoms with E-state index in [1.807, 2.05) is 12.5 Å². The van der Waals surface area contributed by atoms with Crippen molar-refractivity contribution in [3.8, 4) is 6.19 Å². The number of nitrogens with one attached hydrogen (secondary N) is 2. The summed E-state index contributed by atoms with van der Waals surface area (Å²) in [4.78, 5) is 0. The molecule has 8 heteroatoms. The molecule has 0 aromatic carbocycles. The first-order valence-electron chi connectivity index (χ1n) is 4.37. The van der Waals surface area contributed by atoms with E-state index in [1.54, 1.807) is 25.8 Å². The fourth-order valence-corrected chi connectivity index (χ4v) is 1.19. The Kier molecular flexibility index (Phi) is 9.42. The molecular formula is C8H21N5OS2. The zero-order valence-corrected chi connectivity index (χ0v) is 12.1. The van der Waals surface area contributed by atoms with Gasteiger partial charge in [0.05, 0.1) is 13.2 Å². The van der Waals surface area contributed by atoms with Crippen LogP contribution in [0.1, 0.15) is 0 Å². The monoisotopic (exact) mass is 267 g/mol. The van der Waals surface area contributed by atoms with Gasteiger partial charge in [-0.3, -0.25) is 13.9 Å². The number of rotatable bonds is 3. The minimum absolute atomic E-state index is 0.634. The Morgan fingerprint density at radius 1 is 1.19 bits per heavy atom. The van der Waals surface area contributed by atoms with Crippen molar-refractivity contribution in [3.63, 3.8) is 0 Å². The van der Waals surface area contributed by atoms with E-state index in [0.29, 0.717) is 13.2 Å². The molecular weight excluding hydrogens is 246 g/mol. The van der Waals surface area contributed by atoms with Gasteiger partial charge in [0, 0.05) is 32.1 Å². The second kappa shape index (κ2) is 8.50. The van der Waals surface area contributed by atoms with Gasteiger partial charge < -0.3 is 4.74 Å². The van der Waals surface area contributed by atoms with E-state index in [-0.39, 0.29) is 0 Å². The predicted molar refractivity (Wildman–Crippen MR) is 71.1 cm³/mol. The summed E-state index contributed by atoms with van der Waals surface area (Å²) >= 11 is 0. The minimum Gasteiger partial charge on any atom is -0.383 e. The SMILES string of the molecule is COCCN=S(C)(C)=N.CS(C)(=N)=NC#N. The van der Waals surface area contributed by atoms with Crippen LogP contribution >= 0.6 is 0 Å². The number of ether oxygens (including phenoxy) is 1. The third-order valence-electron chi connectivity index (χ3n) is 0.978. The van der Waals surface area contributed by atoms with Crippen molar-refractivity contribution in [3.05, 3.63) is 0 Å². The Hall–Kier alpha value is -0.650. The van der Waals surface area contributed by atoms with Crippen molar-refractivity contribution in [2.24, 2.45) is 8.73 Å². The molecule has 96 valence electrons. The Bertz CT molecular complexity index is 432. The lowest BCUT2D eigenvalue weighted by Crippen LogP contribution is -1.96.